The van der Waals surface area contributed by atoms with Crippen molar-refractivity contribution in [1.29, 1.82) is 0 Å². The average molecular weight is 262 g/mol. The Morgan fingerprint density at radius 3 is 2.79 bits per heavy atom. The third-order valence-electron chi connectivity index (χ3n) is 4.35. The van der Waals surface area contributed by atoms with Gasteiger partial charge in [-0.05, 0) is 44.7 Å². The molecule has 2 aliphatic rings. The Bertz CT molecular complexity index is 391. The second-order valence-electron chi connectivity index (χ2n) is 6.42. The monoisotopic (exact) mass is 262 g/mol. The van der Waals surface area contributed by atoms with Gasteiger partial charge < -0.3 is 9.73 Å². The van der Waals surface area contributed by atoms with Gasteiger partial charge in [-0.2, -0.15) is 0 Å². The third-order valence-corrected chi connectivity index (χ3v) is 4.35. The maximum Gasteiger partial charge on any atom is 0.118 e. The van der Waals surface area contributed by atoms with Crippen molar-refractivity contribution in [1.82, 2.24) is 10.2 Å². The van der Waals surface area contributed by atoms with Crippen LogP contribution in [-0.2, 0) is 13.1 Å². The van der Waals surface area contributed by atoms with Crippen LogP contribution in [0.4, 0.5) is 0 Å². The Kier molecular flexibility index (Phi) is 4.24. The van der Waals surface area contributed by atoms with Gasteiger partial charge in [-0.1, -0.05) is 12.8 Å². The van der Waals surface area contributed by atoms with E-state index in [9.17, 15) is 0 Å². The van der Waals surface area contributed by atoms with E-state index in [4.69, 9.17) is 4.42 Å². The highest BCUT2D eigenvalue weighted by Crippen LogP contribution is 2.25. The smallest absolute Gasteiger partial charge is 0.118 e. The molecule has 1 aromatic heterocycles. The predicted octanol–water partition coefficient (Wildman–Crippen LogP) is 3.15. The van der Waals surface area contributed by atoms with E-state index >= 15 is 0 Å². The summed E-state index contributed by atoms with van der Waals surface area (Å²) in [6, 6.07) is 2.98. The molecule has 0 unspecified atom stereocenters. The van der Waals surface area contributed by atoms with Crippen molar-refractivity contribution in [3.05, 3.63) is 23.7 Å². The molecule has 106 valence electrons. The summed E-state index contributed by atoms with van der Waals surface area (Å²) >= 11 is 0. The van der Waals surface area contributed by atoms with Crippen LogP contribution in [0.1, 0.15) is 49.8 Å². The molecule has 19 heavy (non-hydrogen) atoms. The third kappa shape index (κ3) is 4.08. The van der Waals surface area contributed by atoms with Crippen molar-refractivity contribution in [3.8, 4) is 0 Å². The molecule has 0 bridgehead atoms. The van der Waals surface area contributed by atoms with Gasteiger partial charge in [-0.15, -0.1) is 0 Å². The fourth-order valence-corrected chi connectivity index (χ4v) is 3.12. The lowest BCUT2D eigenvalue weighted by atomic mass is 10.1. The molecule has 3 heteroatoms. The average Bonchev–Trinajstić information content (AvgIpc) is 2.88. The fourth-order valence-electron chi connectivity index (χ4n) is 3.12. The summed E-state index contributed by atoms with van der Waals surface area (Å²) in [5, 5.41) is 3.52. The highest BCUT2D eigenvalue weighted by Gasteiger charge is 2.20. The Morgan fingerprint density at radius 2 is 2.05 bits per heavy atom. The Hall–Kier alpha value is -0.800. The van der Waals surface area contributed by atoms with Crippen LogP contribution in [0.25, 0.3) is 0 Å². The predicted molar refractivity (Wildman–Crippen MR) is 76.9 cm³/mol. The van der Waals surface area contributed by atoms with Crippen LogP contribution in [0, 0.1) is 5.92 Å². The minimum atomic E-state index is 0.767. The van der Waals surface area contributed by atoms with Gasteiger partial charge in [0.15, 0.2) is 0 Å². The van der Waals surface area contributed by atoms with Gasteiger partial charge in [0, 0.05) is 24.7 Å². The number of hydrogen-bond donors (Lipinski definition) is 1. The van der Waals surface area contributed by atoms with Gasteiger partial charge in [0.2, 0.25) is 0 Å². The molecule has 1 N–H and O–H groups in total. The molecule has 0 radical (unpaired) electrons. The SMILES string of the molecule is CN(Cc1cc(CNC2CC2)co1)CC1CCCC1. The van der Waals surface area contributed by atoms with Crippen LogP contribution in [0.2, 0.25) is 0 Å². The van der Waals surface area contributed by atoms with E-state index in [-0.39, 0.29) is 0 Å². The molecule has 3 rings (SSSR count). The molecular formula is C16H26N2O. The molecule has 0 aliphatic heterocycles. The van der Waals surface area contributed by atoms with Gasteiger partial charge in [0.25, 0.3) is 0 Å². The zero-order valence-corrected chi connectivity index (χ0v) is 12.0. The highest BCUT2D eigenvalue weighted by molar-refractivity contribution is 5.13. The fraction of sp³-hybridized carbons (Fsp3) is 0.750. The first-order valence-corrected chi connectivity index (χ1v) is 7.78. The summed E-state index contributed by atoms with van der Waals surface area (Å²) < 4.78 is 5.67. The number of nitrogens with zero attached hydrogens (tertiary/aromatic N) is 1. The molecule has 3 nitrogen and oxygen atoms in total. The molecule has 0 amide bonds. The summed E-state index contributed by atoms with van der Waals surface area (Å²) in [6.45, 7) is 3.12. The quantitative estimate of drug-likeness (QED) is 0.818. The Morgan fingerprint density at radius 1 is 1.26 bits per heavy atom. The molecule has 0 aromatic carbocycles. The summed E-state index contributed by atoms with van der Waals surface area (Å²) in [6.07, 6.45) is 10.3. The maximum atomic E-state index is 5.67. The van der Waals surface area contributed by atoms with E-state index in [0.29, 0.717) is 0 Å². The standard InChI is InChI=1S/C16H26N2O/c1-18(10-13-4-2-3-5-13)11-16-8-14(12-19-16)9-17-15-6-7-15/h8,12-13,15,17H,2-7,9-11H2,1H3. The minimum Gasteiger partial charge on any atom is -0.468 e. The van der Waals surface area contributed by atoms with E-state index in [2.05, 4.69) is 23.3 Å². The first kappa shape index (κ1) is 13.2. The van der Waals surface area contributed by atoms with E-state index in [1.807, 2.05) is 6.26 Å². The van der Waals surface area contributed by atoms with Gasteiger partial charge in [-0.3, -0.25) is 4.90 Å². The van der Waals surface area contributed by atoms with Gasteiger partial charge in [0.05, 0.1) is 12.8 Å². The minimum absolute atomic E-state index is 0.767. The second-order valence-corrected chi connectivity index (χ2v) is 6.42. The van der Waals surface area contributed by atoms with E-state index < -0.39 is 0 Å². The molecule has 1 heterocycles. The van der Waals surface area contributed by atoms with Gasteiger partial charge in [0.1, 0.15) is 5.76 Å². The molecule has 0 atom stereocenters. The lowest BCUT2D eigenvalue weighted by Crippen LogP contribution is -2.23. The van der Waals surface area contributed by atoms with Crippen molar-refractivity contribution in [3.63, 3.8) is 0 Å². The molecule has 2 saturated carbocycles. The topological polar surface area (TPSA) is 28.4 Å². The van der Waals surface area contributed by atoms with Crippen molar-refractivity contribution < 1.29 is 4.42 Å². The summed E-state index contributed by atoms with van der Waals surface area (Å²) in [5.41, 5.74) is 1.29. The van der Waals surface area contributed by atoms with Crippen molar-refractivity contribution in [2.45, 2.75) is 57.7 Å². The zero-order chi connectivity index (χ0) is 13.1. The van der Waals surface area contributed by atoms with Crippen LogP contribution in [-0.4, -0.2) is 24.5 Å². The molecule has 0 saturated heterocycles. The van der Waals surface area contributed by atoms with Gasteiger partial charge in [-0.25, -0.2) is 0 Å². The van der Waals surface area contributed by atoms with Crippen molar-refractivity contribution in [2.24, 2.45) is 5.92 Å². The summed E-state index contributed by atoms with van der Waals surface area (Å²) in [7, 11) is 2.21. The van der Waals surface area contributed by atoms with E-state index in [1.165, 1.54) is 50.6 Å². The maximum absolute atomic E-state index is 5.67. The number of hydrogen-bond acceptors (Lipinski definition) is 3. The normalized spacial score (nSPS) is 20.5. The van der Waals surface area contributed by atoms with Crippen molar-refractivity contribution in [2.75, 3.05) is 13.6 Å². The first-order chi connectivity index (χ1) is 9.29. The summed E-state index contributed by atoms with van der Waals surface area (Å²) in [5.74, 6) is 2.02. The molecular weight excluding hydrogens is 236 g/mol. The number of furan rings is 1. The first-order valence-electron chi connectivity index (χ1n) is 7.78. The highest BCUT2D eigenvalue weighted by atomic mass is 16.3. The van der Waals surface area contributed by atoms with Crippen LogP contribution in [0.15, 0.2) is 16.7 Å². The Labute approximate surface area is 116 Å². The largest absolute Gasteiger partial charge is 0.468 e. The van der Waals surface area contributed by atoms with Gasteiger partial charge >= 0.3 is 0 Å². The molecule has 2 aliphatic carbocycles. The molecule has 1 aromatic rings. The van der Waals surface area contributed by atoms with E-state index in [1.54, 1.807) is 0 Å². The lowest BCUT2D eigenvalue weighted by molar-refractivity contribution is 0.251. The van der Waals surface area contributed by atoms with E-state index in [0.717, 1.165) is 30.8 Å². The number of rotatable bonds is 7. The second kappa shape index (κ2) is 6.10. The molecule has 0 spiro atoms. The summed E-state index contributed by atoms with van der Waals surface area (Å²) in [4.78, 5) is 2.41. The van der Waals surface area contributed by atoms with Crippen LogP contribution in [0.3, 0.4) is 0 Å². The van der Waals surface area contributed by atoms with Crippen LogP contribution in [0.5, 0.6) is 0 Å². The van der Waals surface area contributed by atoms with Crippen LogP contribution >= 0.6 is 0 Å². The Balaban J connectivity index is 1.42. The zero-order valence-electron chi connectivity index (χ0n) is 12.0. The van der Waals surface area contributed by atoms with Crippen molar-refractivity contribution >= 4 is 0 Å². The van der Waals surface area contributed by atoms with Crippen LogP contribution < -0.4 is 5.32 Å². The molecule has 2 fully saturated rings. The number of nitrogens with one attached hydrogen (secondary N) is 1. The lowest BCUT2D eigenvalue weighted by Gasteiger charge is -2.19.